The van der Waals surface area contributed by atoms with E-state index in [-0.39, 0.29) is 0 Å². The summed E-state index contributed by atoms with van der Waals surface area (Å²) in [5, 5.41) is 6.85. The first-order valence-corrected chi connectivity index (χ1v) is 6.17. The summed E-state index contributed by atoms with van der Waals surface area (Å²) in [6, 6.07) is 8.06. The van der Waals surface area contributed by atoms with Gasteiger partial charge in [-0.2, -0.15) is 4.98 Å². The molecule has 2 aromatic rings. The fourth-order valence-electron chi connectivity index (χ4n) is 1.33. The molecule has 16 heavy (non-hydrogen) atoms. The molecule has 0 atom stereocenters. The van der Waals surface area contributed by atoms with Crippen molar-refractivity contribution in [2.24, 2.45) is 0 Å². The summed E-state index contributed by atoms with van der Waals surface area (Å²) in [4.78, 5) is 5.50. The van der Waals surface area contributed by atoms with Crippen molar-refractivity contribution in [2.75, 3.05) is 13.3 Å². The lowest BCUT2D eigenvalue weighted by atomic mass is 10.2. The molecule has 0 unspecified atom stereocenters. The number of hydrogen-bond donors (Lipinski definition) is 1. The van der Waals surface area contributed by atoms with Gasteiger partial charge < -0.3 is 9.84 Å². The average molecular weight is 235 g/mol. The molecule has 0 fully saturated rings. The van der Waals surface area contributed by atoms with Crippen LogP contribution in [0.2, 0.25) is 0 Å². The van der Waals surface area contributed by atoms with Gasteiger partial charge >= 0.3 is 0 Å². The molecule has 0 aliphatic heterocycles. The van der Waals surface area contributed by atoms with Crippen molar-refractivity contribution < 1.29 is 4.52 Å². The Labute approximate surface area is 98.4 Å². The van der Waals surface area contributed by atoms with E-state index in [1.807, 2.05) is 37.6 Å². The second-order valence-electron chi connectivity index (χ2n) is 3.27. The van der Waals surface area contributed by atoms with Gasteiger partial charge in [-0.15, -0.1) is 11.8 Å². The highest BCUT2D eigenvalue weighted by Crippen LogP contribution is 2.21. The number of hydrogen-bond acceptors (Lipinski definition) is 5. The first kappa shape index (κ1) is 11.2. The van der Waals surface area contributed by atoms with Crippen molar-refractivity contribution in [3.8, 4) is 11.5 Å². The second-order valence-corrected chi connectivity index (χ2v) is 4.15. The van der Waals surface area contributed by atoms with E-state index in [0.29, 0.717) is 18.3 Å². The molecule has 84 valence electrons. The van der Waals surface area contributed by atoms with Gasteiger partial charge in [-0.3, -0.25) is 0 Å². The molecule has 0 aliphatic rings. The maximum absolute atomic E-state index is 5.17. The Morgan fingerprint density at radius 3 is 2.69 bits per heavy atom. The number of rotatable bonds is 4. The van der Waals surface area contributed by atoms with Crippen LogP contribution in [0.1, 0.15) is 5.82 Å². The fourth-order valence-corrected chi connectivity index (χ4v) is 1.74. The minimum atomic E-state index is 0.568. The molecule has 1 aromatic heterocycles. The minimum absolute atomic E-state index is 0.568. The maximum Gasteiger partial charge on any atom is 0.257 e. The lowest BCUT2D eigenvalue weighted by molar-refractivity contribution is 0.420. The predicted molar refractivity (Wildman–Crippen MR) is 64.3 cm³/mol. The summed E-state index contributed by atoms with van der Waals surface area (Å²) in [6.07, 6.45) is 2.05. The monoisotopic (exact) mass is 235 g/mol. The largest absolute Gasteiger partial charge is 0.334 e. The first-order valence-electron chi connectivity index (χ1n) is 4.95. The van der Waals surface area contributed by atoms with Crippen LogP contribution < -0.4 is 5.32 Å². The van der Waals surface area contributed by atoms with Crippen LogP contribution in [0, 0.1) is 0 Å². The van der Waals surface area contributed by atoms with Crippen LogP contribution in [-0.2, 0) is 6.54 Å². The third kappa shape index (κ3) is 2.43. The Morgan fingerprint density at radius 2 is 2.06 bits per heavy atom. The van der Waals surface area contributed by atoms with E-state index in [9.17, 15) is 0 Å². The summed E-state index contributed by atoms with van der Waals surface area (Å²) >= 11 is 1.71. The standard InChI is InChI=1S/C11H13N3OS/c1-12-7-10-13-11(15-14-10)8-3-5-9(16-2)6-4-8/h3-6,12H,7H2,1-2H3. The van der Waals surface area contributed by atoms with Crippen molar-refractivity contribution in [1.82, 2.24) is 15.5 Å². The van der Waals surface area contributed by atoms with Gasteiger partial charge in [-0.05, 0) is 37.6 Å². The second kappa shape index (κ2) is 5.14. The molecule has 1 heterocycles. The molecule has 0 amide bonds. The van der Waals surface area contributed by atoms with E-state index in [4.69, 9.17) is 4.52 Å². The molecule has 1 N–H and O–H groups in total. The number of nitrogens with one attached hydrogen (secondary N) is 1. The van der Waals surface area contributed by atoms with Crippen LogP contribution in [0.15, 0.2) is 33.7 Å². The summed E-state index contributed by atoms with van der Waals surface area (Å²) in [7, 11) is 1.85. The molecule has 0 saturated heterocycles. The van der Waals surface area contributed by atoms with E-state index >= 15 is 0 Å². The highest BCUT2D eigenvalue weighted by molar-refractivity contribution is 7.98. The lowest BCUT2D eigenvalue weighted by Crippen LogP contribution is -2.06. The Hall–Kier alpha value is -1.33. The fraction of sp³-hybridized carbons (Fsp3) is 0.273. The maximum atomic E-state index is 5.17. The van der Waals surface area contributed by atoms with Crippen LogP contribution in [-0.4, -0.2) is 23.4 Å². The molecule has 0 aliphatic carbocycles. The number of aromatic nitrogens is 2. The minimum Gasteiger partial charge on any atom is -0.334 e. The molecular formula is C11H13N3OS. The van der Waals surface area contributed by atoms with Crippen molar-refractivity contribution in [1.29, 1.82) is 0 Å². The molecule has 0 bridgehead atoms. The van der Waals surface area contributed by atoms with Crippen LogP contribution in [0.3, 0.4) is 0 Å². The van der Waals surface area contributed by atoms with Gasteiger partial charge in [0.15, 0.2) is 5.82 Å². The van der Waals surface area contributed by atoms with Gasteiger partial charge in [-0.1, -0.05) is 5.16 Å². The SMILES string of the molecule is CNCc1noc(-c2ccc(SC)cc2)n1. The third-order valence-electron chi connectivity index (χ3n) is 2.14. The smallest absolute Gasteiger partial charge is 0.257 e. The molecule has 0 radical (unpaired) electrons. The topological polar surface area (TPSA) is 51.0 Å². The molecule has 0 saturated carbocycles. The van der Waals surface area contributed by atoms with Crippen molar-refractivity contribution in [2.45, 2.75) is 11.4 Å². The normalized spacial score (nSPS) is 10.6. The Kier molecular flexibility index (Phi) is 3.58. The van der Waals surface area contributed by atoms with Crippen LogP contribution in [0.4, 0.5) is 0 Å². The first-order chi connectivity index (χ1) is 7.83. The third-order valence-corrected chi connectivity index (χ3v) is 2.88. The zero-order valence-corrected chi connectivity index (χ0v) is 10.0. The van der Waals surface area contributed by atoms with Gasteiger partial charge in [0, 0.05) is 10.5 Å². The zero-order valence-electron chi connectivity index (χ0n) is 9.23. The number of thioether (sulfide) groups is 1. The van der Waals surface area contributed by atoms with E-state index in [0.717, 1.165) is 5.56 Å². The molecule has 2 rings (SSSR count). The highest BCUT2D eigenvalue weighted by atomic mass is 32.2. The van der Waals surface area contributed by atoms with E-state index in [1.165, 1.54) is 4.90 Å². The molecule has 4 nitrogen and oxygen atoms in total. The predicted octanol–water partition coefficient (Wildman–Crippen LogP) is 2.18. The molecular weight excluding hydrogens is 222 g/mol. The number of benzene rings is 1. The Balaban J connectivity index is 2.21. The molecule has 0 spiro atoms. The highest BCUT2D eigenvalue weighted by Gasteiger charge is 2.07. The van der Waals surface area contributed by atoms with Crippen LogP contribution in [0.25, 0.3) is 11.5 Å². The van der Waals surface area contributed by atoms with Crippen molar-refractivity contribution >= 4 is 11.8 Å². The van der Waals surface area contributed by atoms with Gasteiger partial charge in [0.2, 0.25) is 0 Å². The van der Waals surface area contributed by atoms with Gasteiger partial charge in [0.1, 0.15) is 0 Å². The summed E-state index contributed by atoms with van der Waals surface area (Å²) in [6.45, 7) is 0.617. The van der Waals surface area contributed by atoms with Gasteiger partial charge in [0.25, 0.3) is 5.89 Å². The van der Waals surface area contributed by atoms with Crippen LogP contribution >= 0.6 is 11.8 Å². The van der Waals surface area contributed by atoms with Gasteiger partial charge in [0.05, 0.1) is 6.54 Å². The van der Waals surface area contributed by atoms with E-state index < -0.39 is 0 Å². The van der Waals surface area contributed by atoms with Crippen LogP contribution in [0.5, 0.6) is 0 Å². The quantitative estimate of drug-likeness (QED) is 0.823. The van der Waals surface area contributed by atoms with E-state index in [2.05, 4.69) is 15.5 Å². The van der Waals surface area contributed by atoms with Crippen molar-refractivity contribution in [3.63, 3.8) is 0 Å². The summed E-state index contributed by atoms with van der Waals surface area (Å²) in [5.41, 5.74) is 0.952. The Morgan fingerprint density at radius 1 is 1.31 bits per heavy atom. The lowest BCUT2D eigenvalue weighted by Gasteiger charge is -1.96. The molecule has 1 aromatic carbocycles. The molecule has 5 heteroatoms. The summed E-state index contributed by atoms with van der Waals surface area (Å²) in [5.74, 6) is 1.24. The van der Waals surface area contributed by atoms with Gasteiger partial charge in [-0.25, -0.2) is 0 Å². The zero-order chi connectivity index (χ0) is 11.4. The number of nitrogens with zero attached hydrogens (tertiary/aromatic N) is 2. The average Bonchev–Trinajstić information content (AvgIpc) is 2.78. The van der Waals surface area contributed by atoms with E-state index in [1.54, 1.807) is 11.8 Å². The summed E-state index contributed by atoms with van der Waals surface area (Å²) < 4.78 is 5.17. The van der Waals surface area contributed by atoms with Crippen molar-refractivity contribution in [3.05, 3.63) is 30.1 Å². The Bertz CT molecular complexity index is 453.